The molecule has 0 bridgehead atoms. The first-order valence-corrected chi connectivity index (χ1v) is 8.92. The third-order valence-electron chi connectivity index (χ3n) is 3.48. The van der Waals surface area contributed by atoms with Crippen LogP contribution in [-0.4, -0.2) is 24.6 Å². The van der Waals surface area contributed by atoms with E-state index < -0.39 is 15.1 Å². The lowest BCUT2D eigenvalue weighted by Gasteiger charge is -2.09. The minimum Gasteiger partial charge on any atom is -0.352 e. The molecule has 122 valence electrons. The lowest BCUT2D eigenvalue weighted by Crippen LogP contribution is -2.24. The molecule has 2 rings (SSSR count). The first kappa shape index (κ1) is 17.1. The van der Waals surface area contributed by atoms with Crippen LogP contribution < -0.4 is 5.32 Å². The maximum atomic E-state index is 12.0. The van der Waals surface area contributed by atoms with Gasteiger partial charge in [-0.25, -0.2) is 8.42 Å². The van der Waals surface area contributed by atoms with Crippen LogP contribution >= 0.6 is 0 Å². The number of sulfone groups is 1. The van der Waals surface area contributed by atoms with Crippen LogP contribution in [0.2, 0.25) is 0 Å². The summed E-state index contributed by atoms with van der Waals surface area (Å²) in [7, 11) is -3.27. The fourth-order valence-corrected chi connectivity index (χ4v) is 3.08. The van der Waals surface area contributed by atoms with Crippen molar-refractivity contribution in [3.63, 3.8) is 0 Å². The van der Waals surface area contributed by atoms with Gasteiger partial charge in [-0.2, -0.15) is 0 Å². The summed E-state index contributed by atoms with van der Waals surface area (Å²) in [6.07, 6.45) is 3.57. The molecule has 1 aromatic carbocycles. The molecule has 1 heterocycles. The molecule has 2 aromatic rings. The summed E-state index contributed by atoms with van der Waals surface area (Å²) in [4.78, 5) is 16.1. The second-order valence-electron chi connectivity index (χ2n) is 5.55. The molecule has 0 atom stereocenters. The minimum atomic E-state index is -3.27. The Morgan fingerprint density at radius 2 is 1.65 bits per heavy atom. The number of aromatic nitrogens is 1. The molecule has 0 aliphatic rings. The molecular weight excluding hydrogens is 312 g/mol. The fourth-order valence-electron chi connectivity index (χ4n) is 2.02. The normalized spacial score (nSPS) is 11.4. The van der Waals surface area contributed by atoms with Crippen LogP contribution in [0.25, 0.3) is 0 Å². The predicted octanol–water partition coefficient (Wildman–Crippen LogP) is 2.12. The number of carbonyl (C=O) groups excluding carboxylic acids is 1. The van der Waals surface area contributed by atoms with Crippen molar-refractivity contribution in [2.75, 3.05) is 0 Å². The van der Waals surface area contributed by atoms with Crippen molar-refractivity contribution in [3.8, 4) is 0 Å². The van der Waals surface area contributed by atoms with E-state index in [4.69, 9.17) is 0 Å². The Balaban J connectivity index is 1.94. The number of rotatable bonds is 6. The Kier molecular flexibility index (Phi) is 5.50. The molecule has 0 unspecified atom stereocenters. The van der Waals surface area contributed by atoms with E-state index in [1.807, 2.05) is 12.1 Å². The van der Waals surface area contributed by atoms with Gasteiger partial charge in [0.15, 0.2) is 9.84 Å². The fraction of sp³-hybridized carbons (Fsp3) is 0.294. The van der Waals surface area contributed by atoms with Crippen LogP contribution in [0, 0.1) is 0 Å². The van der Waals surface area contributed by atoms with Gasteiger partial charge in [0.05, 0.1) is 16.6 Å². The van der Waals surface area contributed by atoms with E-state index >= 15 is 0 Å². The summed E-state index contributed by atoms with van der Waals surface area (Å²) in [5.74, 6) is -0.110. The van der Waals surface area contributed by atoms with Gasteiger partial charge < -0.3 is 5.32 Å². The molecule has 0 fully saturated rings. The predicted molar refractivity (Wildman–Crippen MR) is 88.6 cm³/mol. The lowest BCUT2D eigenvalue weighted by atomic mass is 10.1. The van der Waals surface area contributed by atoms with Crippen molar-refractivity contribution in [1.29, 1.82) is 0 Å². The van der Waals surface area contributed by atoms with Crippen molar-refractivity contribution in [2.45, 2.75) is 37.0 Å². The molecule has 0 aliphatic heterocycles. The molecule has 23 heavy (non-hydrogen) atoms. The zero-order chi connectivity index (χ0) is 16.9. The Hall–Kier alpha value is -2.21. The number of pyridine rings is 1. The van der Waals surface area contributed by atoms with E-state index in [0.717, 1.165) is 11.1 Å². The summed E-state index contributed by atoms with van der Waals surface area (Å²) in [5, 5.41) is 2.36. The van der Waals surface area contributed by atoms with E-state index in [1.54, 1.807) is 50.5 Å². The number of hydrogen-bond donors (Lipinski definition) is 1. The molecule has 6 heteroatoms. The molecule has 1 N–H and O–H groups in total. The van der Waals surface area contributed by atoms with Crippen molar-refractivity contribution in [1.82, 2.24) is 10.3 Å². The number of nitrogens with zero attached hydrogens (tertiary/aromatic N) is 1. The van der Waals surface area contributed by atoms with Gasteiger partial charge in [-0.05, 0) is 49.2 Å². The molecule has 0 saturated heterocycles. The molecule has 5 nitrogen and oxygen atoms in total. The Bertz CT molecular complexity index is 754. The van der Waals surface area contributed by atoms with Crippen molar-refractivity contribution in [3.05, 3.63) is 59.9 Å². The quantitative estimate of drug-likeness (QED) is 0.879. The van der Waals surface area contributed by atoms with E-state index in [0.29, 0.717) is 6.54 Å². The second kappa shape index (κ2) is 7.37. The zero-order valence-electron chi connectivity index (χ0n) is 13.2. The van der Waals surface area contributed by atoms with Crippen molar-refractivity contribution in [2.24, 2.45) is 0 Å². The van der Waals surface area contributed by atoms with Gasteiger partial charge in [0, 0.05) is 18.9 Å². The summed E-state index contributed by atoms with van der Waals surface area (Å²) >= 11 is 0. The summed E-state index contributed by atoms with van der Waals surface area (Å²) in [6.45, 7) is 3.74. The zero-order valence-corrected chi connectivity index (χ0v) is 14.0. The van der Waals surface area contributed by atoms with Crippen LogP contribution in [0.3, 0.4) is 0 Å². The monoisotopic (exact) mass is 332 g/mol. The van der Waals surface area contributed by atoms with Crippen molar-refractivity contribution < 1.29 is 13.2 Å². The standard InChI is InChI=1S/C17H20N2O3S/c1-13(2)23(21,22)16-5-3-14(4-6-16)11-17(20)19-12-15-7-9-18-10-8-15/h3-10,13H,11-12H2,1-2H3,(H,19,20). The third-order valence-corrected chi connectivity index (χ3v) is 5.65. The number of benzene rings is 1. The van der Waals surface area contributed by atoms with E-state index in [-0.39, 0.29) is 17.2 Å². The van der Waals surface area contributed by atoms with Gasteiger partial charge in [-0.1, -0.05) is 12.1 Å². The first-order valence-electron chi connectivity index (χ1n) is 7.38. The van der Waals surface area contributed by atoms with E-state index in [1.165, 1.54) is 0 Å². The van der Waals surface area contributed by atoms with E-state index in [2.05, 4.69) is 10.3 Å². The topological polar surface area (TPSA) is 76.1 Å². The maximum absolute atomic E-state index is 12.0. The average Bonchev–Trinajstić information content (AvgIpc) is 2.54. The van der Waals surface area contributed by atoms with Crippen LogP contribution in [-0.2, 0) is 27.6 Å². The van der Waals surface area contributed by atoms with Crippen molar-refractivity contribution >= 4 is 15.7 Å². The second-order valence-corrected chi connectivity index (χ2v) is 8.05. The highest BCUT2D eigenvalue weighted by Crippen LogP contribution is 2.16. The first-order chi connectivity index (χ1) is 10.9. The maximum Gasteiger partial charge on any atom is 0.224 e. The smallest absolute Gasteiger partial charge is 0.224 e. The van der Waals surface area contributed by atoms with E-state index in [9.17, 15) is 13.2 Å². The van der Waals surface area contributed by atoms with Crippen LogP contribution in [0.15, 0.2) is 53.7 Å². The molecule has 0 aliphatic carbocycles. The van der Waals surface area contributed by atoms with Gasteiger partial charge in [0.2, 0.25) is 5.91 Å². The highest BCUT2D eigenvalue weighted by atomic mass is 32.2. The average molecular weight is 332 g/mol. The molecular formula is C17H20N2O3S. The number of amides is 1. The molecule has 0 radical (unpaired) electrons. The van der Waals surface area contributed by atoms with Gasteiger partial charge in [-0.3, -0.25) is 9.78 Å². The highest BCUT2D eigenvalue weighted by molar-refractivity contribution is 7.92. The minimum absolute atomic E-state index is 0.110. The SMILES string of the molecule is CC(C)S(=O)(=O)c1ccc(CC(=O)NCc2ccncc2)cc1. The van der Waals surface area contributed by atoms with Crippen LogP contribution in [0.4, 0.5) is 0 Å². The number of hydrogen-bond acceptors (Lipinski definition) is 4. The summed E-state index contributed by atoms with van der Waals surface area (Å²) in [6, 6.07) is 10.2. The Labute approximate surface area is 136 Å². The summed E-state index contributed by atoms with van der Waals surface area (Å²) < 4.78 is 24.1. The van der Waals surface area contributed by atoms with Crippen LogP contribution in [0.1, 0.15) is 25.0 Å². The number of nitrogens with one attached hydrogen (secondary N) is 1. The number of carbonyl (C=O) groups is 1. The highest BCUT2D eigenvalue weighted by Gasteiger charge is 2.18. The summed E-state index contributed by atoms with van der Waals surface area (Å²) in [5.41, 5.74) is 1.76. The largest absolute Gasteiger partial charge is 0.352 e. The third kappa shape index (κ3) is 4.63. The molecule has 1 aromatic heterocycles. The Morgan fingerprint density at radius 1 is 1.04 bits per heavy atom. The molecule has 0 spiro atoms. The lowest BCUT2D eigenvalue weighted by molar-refractivity contribution is -0.120. The van der Waals surface area contributed by atoms with Gasteiger partial charge in [-0.15, -0.1) is 0 Å². The Morgan fingerprint density at radius 3 is 2.22 bits per heavy atom. The molecule has 0 saturated carbocycles. The molecule has 1 amide bonds. The van der Waals surface area contributed by atoms with Crippen LogP contribution in [0.5, 0.6) is 0 Å². The van der Waals surface area contributed by atoms with Gasteiger partial charge >= 0.3 is 0 Å². The van der Waals surface area contributed by atoms with Gasteiger partial charge in [0.25, 0.3) is 0 Å². The van der Waals surface area contributed by atoms with Gasteiger partial charge in [0.1, 0.15) is 0 Å².